The Hall–Kier alpha value is -2.22. The van der Waals surface area contributed by atoms with E-state index in [0.717, 1.165) is 24.3 Å². The van der Waals surface area contributed by atoms with Gasteiger partial charge in [-0.25, -0.2) is 0 Å². The predicted octanol–water partition coefficient (Wildman–Crippen LogP) is 9.71. The zero-order valence-corrected chi connectivity index (χ0v) is 22.2. The highest BCUT2D eigenvalue weighted by molar-refractivity contribution is 6.08. The van der Waals surface area contributed by atoms with E-state index < -0.39 is 0 Å². The molecule has 0 radical (unpaired) electrons. The number of Topliss-reactive ketones (excluding diaryl/α,β-unsaturated/α-hetero) is 2. The number of unbranched alkanes of at least 4 members (excludes halogenated alkanes) is 6. The van der Waals surface area contributed by atoms with Gasteiger partial charge in [0.15, 0.2) is 5.78 Å². The van der Waals surface area contributed by atoms with Gasteiger partial charge in [0.1, 0.15) is 5.78 Å². The molecule has 1 saturated carbocycles. The van der Waals surface area contributed by atoms with Gasteiger partial charge in [0.05, 0.1) is 6.42 Å². The molecule has 190 valence electrons. The maximum absolute atomic E-state index is 12.4. The SMILES string of the molecule is CCCCCCCCC1CCC(c2ccc(-c3ccc(C(=O)CC(=O)CCCC)cc3)cc2)CC1. The minimum absolute atomic E-state index is 0.0231. The van der Waals surface area contributed by atoms with Crippen LogP contribution in [0, 0.1) is 5.92 Å². The van der Waals surface area contributed by atoms with Gasteiger partial charge in [-0.3, -0.25) is 9.59 Å². The van der Waals surface area contributed by atoms with E-state index in [1.807, 2.05) is 24.3 Å². The summed E-state index contributed by atoms with van der Waals surface area (Å²) in [5, 5.41) is 0. The smallest absolute Gasteiger partial charge is 0.170 e. The summed E-state index contributed by atoms with van der Waals surface area (Å²) in [5.74, 6) is 1.63. The van der Waals surface area contributed by atoms with Gasteiger partial charge in [-0.15, -0.1) is 0 Å². The minimum Gasteiger partial charge on any atom is -0.299 e. The first-order valence-electron chi connectivity index (χ1n) is 14.4. The maximum Gasteiger partial charge on any atom is 0.170 e. The summed E-state index contributed by atoms with van der Waals surface area (Å²) in [6.07, 6.45) is 17.7. The lowest BCUT2D eigenvalue weighted by Gasteiger charge is -2.29. The molecule has 2 aromatic carbocycles. The molecule has 0 saturated heterocycles. The van der Waals surface area contributed by atoms with E-state index in [1.165, 1.54) is 81.8 Å². The highest BCUT2D eigenvalue weighted by atomic mass is 16.1. The summed E-state index contributed by atoms with van der Waals surface area (Å²) in [7, 11) is 0. The molecule has 1 aliphatic carbocycles. The molecule has 0 heterocycles. The Morgan fingerprint density at radius 3 is 1.89 bits per heavy atom. The monoisotopic (exact) mass is 474 g/mol. The molecule has 0 amide bonds. The van der Waals surface area contributed by atoms with Crippen molar-refractivity contribution in [3.8, 4) is 11.1 Å². The average Bonchev–Trinajstić information content (AvgIpc) is 2.90. The van der Waals surface area contributed by atoms with Gasteiger partial charge in [0, 0.05) is 12.0 Å². The van der Waals surface area contributed by atoms with E-state index >= 15 is 0 Å². The standard InChI is InChI=1S/C33H46O2/c1-3-5-7-8-9-10-11-26-13-15-27(16-14-26)28-17-19-29(20-18-28)30-21-23-31(24-22-30)33(35)25-32(34)12-6-4-2/h17-24,26-27H,3-16,25H2,1-2H3. The molecular weight excluding hydrogens is 428 g/mol. The Labute approximate surface area is 213 Å². The van der Waals surface area contributed by atoms with Crippen LogP contribution in [0.2, 0.25) is 0 Å². The van der Waals surface area contributed by atoms with Gasteiger partial charge >= 0.3 is 0 Å². The number of carbonyl (C=O) groups excluding carboxylic acids is 2. The Morgan fingerprint density at radius 1 is 0.686 bits per heavy atom. The van der Waals surface area contributed by atoms with Gasteiger partial charge in [0.2, 0.25) is 0 Å². The van der Waals surface area contributed by atoms with Crippen LogP contribution in [0.15, 0.2) is 48.5 Å². The second kappa shape index (κ2) is 15.0. The van der Waals surface area contributed by atoms with Crippen molar-refractivity contribution in [2.45, 2.75) is 116 Å². The third kappa shape index (κ3) is 9.06. The summed E-state index contributed by atoms with van der Waals surface area (Å²) in [5.41, 5.74) is 4.41. The number of carbonyl (C=O) groups is 2. The fraction of sp³-hybridized carbons (Fsp3) is 0.576. The van der Waals surface area contributed by atoms with Crippen LogP contribution >= 0.6 is 0 Å². The van der Waals surface area contributed by atoms with Crippen molar-refractivity contribution < 1.29 is 9.59 Å². The molecule has 0 aliphatic heterocycles. The van der Waals surface area contributed by atoms with Crippen LogP contribution in [-0.2, 0) is 4.79 Å². The largest absolute Gasteiger partial charge is 0.299 e. The Kier molecular flexibility index (Phi) is 11.7. The average molecular weight is 475 g/mol. The Balaban J connectivity index is 1.44. The van der Waals surface area contributed by atoms with Crippen molar-refractivity contribution in [1.29, 1.82) is 0 Å². The summed E-state index contributed by atoms with van der Waals surface area (Å²) in [6, 6.07) is 16.8. The van der Waals surface area contributed by atoms with E-state index in [9.17, 15) is 9.59 Å². The van der Waals surface area contributed by atoms with E-state index in [1.54, 1.807) is 0 Å². The quantitative estimate of drug-likeness (QED) is 0.146. The van der Waals surface area contributed by atoms with Gasteiger partial charge in [-0.1, -0.05) is 114 Å². The summed E-state index contributed by atoms with van der Waals surface area (Å²) < 4.78 is 0. The molecule has 2 aromatic rings. The second-order valence-corrected chi connectivity index (χ2v) is 10.7. The van der Waals surface area contributed by atoms with E-state index in [0.29, 0.717) is 17.9 Å². The van der Waals surface area contributed by atoms with E-state index in [4.69, 9.17) is 0 Å². The molecule has 35 heavy (non-hydrogen) atoms. The lowest BCUT2D eigenvalue weighted by atomic mass is 9.77. The van der Waals surface area contributed by atoms with Crippen LogP contribution in [0.5, 0.6) is 0 Å². The van der Waals surface area contributed by atoms with Crippen molar-refractivity contribution in [2.24, 2.45) is 5.92 Å². The molecule has 0 N–H and O–H groups in total. The third-order valence-corrected chi connectivity index (χ3v) is 7.90. The number of rotatable bonds is 15. The molecule has 0 unspecified atom stereocenters. The van der Waals surface area contributed by atoms with Gasteiger partial charge in [-0.2, -0.15) is 0 Å². The molecule has 0 atom stereocenters. The second-order valence-electron chi connectivity index (χ2n) is 10.7. The topological polar surface area (TPSA) is 34.1 Å². The van der Waals surface area contributed by atoms with Crippen LogP contribution in [0.25, 0.3) is 11.1 Å². The normalized spacial score (nSPS) is 17.9. The van der Waals surface area contributed by atoms with Crippen LogP contribution in [0.4, 0.5) is 0 Å². The first-order valence-corrected chi connectivity index (χ1v) is 14.4. The minimum atomic E-state index is -0.0694. The molecule has 0 bridgehead atoms. The van der Waals surface area contributed by atoms with Crippen LogP contribution in [-0.4, -0.2) is 11.6 Å². The molecular formula is C33H46O2. The first-order chi connectivity index (χ1) is 17.1. The van der Waals surface area contributed by atoms with Gasteiger partial charge < -0.3 is 0 Å². The fourth-order valence-electron chi connectivity index (χ4n) is 5.54. The fourth-order valence-corrected chi connectivity index (χ4v) is 5.54. The summed E-state index contributed by atoms with van der Waals surface area (Å²) >= 11 is 0. The van der Waals surface area contributed by atoms with E-state index in [-0.39, 0.29) is 18.0 Å². The van der Waals surface area contributed by atoms with Gasteiger partial charge in [-0.05, 0) is 60.6 Å². The maximum atomic E-state index is 12.4. The van der Waals surface area contributed by atoms with Crippen molar-refractivity contribution >= 4 is 11.6 Å². The molecule has 0 aromatic heterocycles. The lowest BCUT2D eigenvalue weighted by molar-refractivity contribution is -0.118. The number of ketones is 2. The highest BCUT2D eigenvalue weighted by Crippen LogP contribution is 2.38. The summed E-state index contributed by atoms with van der Waals surface area (Å²) in [6.45, 7) is 4.34. The molecule has 1 aliphatic rings. The molecule has 1 fully saturated rings. The Bertz CT molecular complexity index is 886. The van der Waals surface area contributed by atoms with Crippen LogP contribution in [0.1, 0.15) is 132 Å². The number of hydrogen-bond donors (Lipinski definition) is 0. The summed E-state index contributed by atoms with van der Waals surface area (Å²) in [4.78, 5) is 24.3. The number of hydrogen-bond acceptors (Lipinski definition) is 2. The van der Waals surface area contributed by atoms with Crippen molar-refractivity contribution in [2.75, 3.05) is 0 Å². The molecule has 3 rings (SSSR count). The molecule has 2 heteroatoms. The van der Waals surface area contributed by atoms with Crippen molar-refractivity contribution in [3.05, 3.63) is 59.7 Å². The third-order valence-electron chi connectivity index (χ3n) is 7.90. The van der Waals surface area contributed by atoms with Crippen molar-refractivity contribution in [3.63, 3.8) is 0 Å². The molecule has 2 nitrogen and oxygen atoms in total. The first kappa shape index (κ1) is 27.4. The van der Waals surface area contributed by atoms with Crippen molar-refractivity contribution in [1.82, 2.24) is 0 Å². The molecule has 0 spiro atoms. The zero-order chi connectivity index (χ0) is 24.9. The van der Waals surface area contributed by atoms with E-state index in [2.05, 4.69) is 38.1 Å². The van der Waals surface area contributed by atoms with Gasteiger partial charge in [0.25, 0.3) is 0 Å². The zero-order valence-electron chi connectivity index (χ0n) is 22.2. The lowest BCUT2D eigenvalue weighted by Crippen LogP contribution is -2.13. The number of benzene rings is 2. The highest BCUT2D eigenvalue weighted by Gasteiger charge is 2.22. The van der Waals surface area contributed by atoms with Crippen LogP contribution in [0.3, 0.4) is 0 Å². The van der Waals surface area contributed by atoms with Crippen LogP contribution < -0.4 is 0 Å². The Morgan fingerprint density at radius 2 is 1.26 bits per heavy atom. The predicted molar refractivity (Wildman–Crippen MR) is 148 cm³/mol.